The molecule has 3 rings (SSSR count). The first kappa shape index (κ1) is 18.4. The fraction of sp³-hybridized carbons (Fsp3) is 0.158. The van der Waals surface area contributed by atoms with E-state index >= 15 is 0 Å². The smallest absolute Gasteiger partial charge is 0.267 e. The zero-order valence-electron chi connectivity index (χ0n) is 14.2. The summed E-state index contributed by atoms with van der Waals surface area (Å²) in [6.07, 6.45) is 0. The molecular formula is C19H16ClFN2O2S. The van der Waals surface area contributed by atoms with Gasteiger partial charge in [0.25, 0.3) is 5.91 Å². The van der Waals surface area contributed by atoms with Gasteiger partial charge in [-0.1, -0.05) is 11.6 Å². The van der Waals surface area contributed by atoms with Crippen LogP contribution in [-0.2, 0) is 0 Å². The molecule has 0 radical (unpaired) electrons. The van der Waals surface area contributed by atoms with Crippen LogP contribution in [0.1, 0.15) is 22.3 Å². The standard InChI is InChI=1S/C19H16ClFN2O2S/c1-3-25-14-7-4-12(5-8-14)19-22-11(2)17(26-19)18(24)23-16-9-6-13(21)10-15(16)20/h4-10H,3H2,1-2H3,(H,23,24). The monoisotopic (exact) mass is 390 g/mol. The zero-order valence-corrected chi connectivity index (χ0v) is 15.7. The minimum Gasteiger partial charge on any atom is -0.494 e. The van der Waals surface area contributed by atoms with E-state index in [0.717, 1.165) is 22.4 Å². The predicted octanol–water partition coefficient (Wildman–Crippen LogP) is 5.56. The highest BCUT2D eigenvalue weighted by molar-refractivity contribution is 7.17. The number of nitrogens with one attached hydrogen (secondary N) is 1. The van der Waals surface area contributed by atoms with Crippen LogP contribution >= 0.6 is 22.9 Å². The number of halogens is 2. The van der Waals surface area contributed by atoms with E-state index in [1.165, 1.54) is 23.5 Å². The van der Waals surface area contributed by atoms with Crippen molar-refractivity contribution in [2.24, 2.45) is 0 Å². The second kappa shape index (κ2) is 7.85. The van der Waals surface area contributed by atoms with Crippen LogP contribution in [0, 0.1) is 12.7 Å². The molecule has 26 heavy (non-hydrogen) atoms. The summed E-state index contributed by atoms with van der Waals surface area (Å²) in [5.41, 5.74) is 1.88. The first-order chi connectivity index (χ1) is 12.5. The number of nitrogens with zero attached hydrogens (tertiary/aromatic N) is 1. The van der Waals surface area contributed by atoms with Gasteiger partial charge in [-0.15, -0.1) is 11.3 Å². The van der Waals surface area contributed by atoms with E-state index in [2.05, 4.69) is 10.3 Å². The number of anilines is 1. The fourth-order valence-corrected chi connectivity index (χ4v) is 3.54. The minimum atomic E-state index is -0.459. The van der Waals surface area contributed by atoms with Gasteiger partial charge in [0.2, 0.25) is 0 Å². The molecule has 0 aliphatic carbocycles. The summed E-state index contributed by atoms with van der Waals surface area (Å²) in [4.78, 5) is 17.5. The van der Waals surface area contributed by atoms with Crippen LogP contribution in [0.25, 0.3) is 10.6 Å². The van der Waals surface area contributed by atoms with Crippen LogP contribution in [0.5, 0.6) is 5.75 Å². The number of amides is 1. The lowest BCUT2D eigenvalue weighted by Crippen LogP contribution is -2.11. The first-order valence-corrected chi connectivity index (χ1v) is 9.14. The maximum absolute atomic E-state index is 13.1. The Labute approximate surface area is 159 Å². The van der Waals surface area contributed by atoms with E-state index in [9.17, 15) is 9.18 Å². The molecule has 0 fully saturated rings. The van der Waals surface area contributed by atoms with Gasteiger partial charge >= 0.3 is 0 Å². The maximum atomic E-state index is 13.1. The topological polar surface area (TPSA) is 51.2 Å². The van der Waals surface area contributed by atoms with Gasteiger partial charge in [0.15, 0.2) is 0 Å². The van der Waals surface area contributed by atoms with Crippen molar-refractivity contribution in [2.45, 2.75) is 13.8 Å². The van der Waals surface area contributed by atoms with Gasteiger partial charge in [0.05, 0.1) is 23.0 Å². The van der Waals surface area contributed by atoms with Gasteiger partial charge < -0.3 is 10.1 Å². The third-order valence-electron chi connectivity index (χ3n) is 3.59. The van der Waals surface area contributed by atoms with Crippen LogP contribution < -0.4 is 10.1 Å². The summed E-state index contributed by atoms with van der Waals surface area (Å²) in [5, 5.41) is 3.58. The maximum Gasteiger partial charge on any atom is 0.267 e. The molecule has 2 aromatic carbocycles. The molecule has 1 aromatic heterocycles. The van der Waals surface area contributed by atoms with E-state index in [4.69, 9.17) is 16.3 Å². The largest absolute Gasteiger partial charge is 0.494 e. The van der Waals surface area contributed by atoms with Gasteiger partial charge in [0.1, 0.15) is 21.5 Å². The number of aromatic nitrogens is 1. The zero-order chi connectivity index (χ0) is 18.7. The quantitative estimate of drug-likeness (QED) is 0.620. The summed E-state index contributed by atoms with van der Waals surface area (Å²) >= 11 is 7.25. The number of aryl methyl sites for hydroxylation is 1. The van der Waals surface area contributed by atoms with Crippen molar-refractivity contribution in [3.05, 3.63) is 63.9 Å². The molecule has 0 saturated heterocycles. The molecule has 4 nitrogen and oxygen atoms in total. The molecule has 0 atom stereocenters. The average Bonchev–Trinajstić information content (AvgIpc) is 3.00. The summed E-state index contributed by atoms with van der Waals surface area (Å²) in [6, 6.07) is 11.4. The van der Waals surface area contributed by atoms with Crippen molar-refractivity contribution in [3.8, 4) is 16.3 Å². The molecule has 0 unspecified atom stereocenters. The Morgan fingerprint density at radius 2 is 2.00 bits per heavy atom. The van der Waals surface area contributed by atoms with Crippen molar-refractivity contribution < 1.29 is 13.9 Å². The highest BCUT2D eigenvalue weighted by Gasteiger charge is 2.17. The van der Waals surface area contributed by atoms with Crippen LogP contribution in [0.4, 0.5) is 10.1 Å². The highest BCUT2D eigenvalue weighted by atomic mass is 35.5. The van der Waals surface area contributed by atoms with Gasteiger partial charge in [-0.2, -0.15) is 0 Å². The lowest BCUT2D eigenvalue weighted by molar-refractivity contribution is 0.103. The summed E-state index contributed by atoms with van der Waals surface area (Å²) in [7, 11) is 0. The number of carbonyl (C=O) groups is 1. The number of hydrogen-bond donors (Lipinski definition) is 1. The molecule has 0 aliphatic heterocycles. The van der Waals surface area contributed by atoms with Crippen LogP contribution in [0.15, 0.2) is 42.5 Å². The van der Waals surface area contributed by atoms with Gasteiger partial charge in [-0.05, 0) is 56.3 Å². The molecular weight excluding hydrogens is 375 g/mol. The number of carbonyl (C=O) groups excluding carboxylic acids is 1. The normalized spacial score (nSPS) is 10.6. The number of ether oxygens (including phenoxy) is 1. The fourth-order valence-electron chi connectivity index (χ4n) is 2.36. The van der Waals surface area contributed by atoms with Gasteiger partial charge in [-0.3, -0.25) is 4.79 Å². The third kappa shape index (κ3) is 4.03. The van der Waals surface area contributed by atoms with Crippen molar-refractivity contribution in [2.75, 3.05) is 11.9 Å². The highest BCUT2D eigenvalue weighted by Crippen LogP contribution is 2.30. The SMILES string of the molecule is CCOc1ccc(-c2nc(C)c(C(=O)Nc3ccc(F)cc3Cl)s2)cc1. The number of benzene rings is 2. The third-order valence-corrected chi connectivity index (χ3v) is 5.11. The lowest BCUT2D eigenvalue weighted by atomic mass is 10.2. The number of hydrogen-bond acceptors (Lipinski definition) is 4. The molecule has 134 valence electrons. The van der Waals surface area contributed by atoms with Crippen LogP contribution in [0.2, 0.25) is 5.02 Å². The predicted molar refractivity (Wildman–Crippen MR) is 103 cm³/mol. The molecule has 0 bridgehead atoms. The van der Waals surface area contributed by atoms with Crippen molar-refractivity contribution >= 4 is 34.5 Å². The van der Waals surface area contributed by atoms with Crippen molar-refractivity contribution in [3.63, 3.8) is 0 Å². The Morgan fingerprint density at radius 1 is 1.27 bits per heavy atom. The summed E-state index contributed by atoms with van der Waals surface area (Å²) in [5.74, 6) is -0.00102. The molecule has 0 aliphatic rings. The molecule has 1 amide bonds. The van der Waals surface area contributed by atoms with Crippen molar-refractivity contribution in [1.82, 2.24) is 4.98 Å². The Hall–Kier alpha value is -2.44. The average molecular weight is 391 g/mol. The molecule has 0 spiro atoms. The van der Waals surface area contributed by atoms with E-state index in [1.54, 1.807) is 6.92 Å². The van der Waals surface area contributed by atoms with Gasteiger partial charge in [-0.25, -0.2) is 9.37 Å². The van der Waals surface area contributed by atoms with E-state index < -0.39 is 5.82 Å². The Balaban J connectivity index is 1.82. The van der Waals surface area contributed by atoms with Crippen LogP contribution in [-0.4, -0.2) is 17.5 Å². The molecule has 7 heteroatoms. The Kier molecular flexibility index (Phi) is 5.54. The molecule has 3 aromatic rings. The Morgan fingerprint density at radius 3 is 2.65 bits per heavy atom. The van der Waals surface area contributed by atoms with Crippen molar-refractivity contribution in [1.29, 1.82) is 0 Å². The minimum absolute atomic E-state index is 0.146. The number of rotatable bonds is 5. The first-order valence-electron chi connectivity index (χ1n) is 7.95. The van der Waals surface area contributed by atoms with Crippen LogP contribution in [0.3, 0.4) is 0 Å². The van der Waals surface area contributed by atoms with E-state index in [1.807, 2.05) is 31.2 Å². The number of thiazole rings is 1. The lowest BCUT2D eigenvalue weighted by Gasteiger charge is -2.06. The Bertz CT molecular complexity index is 941. The van der Waals surface area contributed by atoms with E-state index in [0.29, 0.717) is 22.9 Å². The molecule has 1 N–H and O–H groups in total. The molecule has 1 heterocycles. The summed E-state index contributed by atoms with van der Waals surface area (Å²) < 4.78 is 18.6. The van der Waals surface area contributed by atoms with E-state index in [-0.39, 0.29) is 10.9 Å². The molecule has 0 saturated carbocycles. The van der Waals surface area contributed by atoms with Gasteiger partial charge in [0, 0.05) is 5.56 Å². The summed E-state index contributed by atoms with van der Waals surface area (Å²) in [6.45, 7) is 4.30. The second-order valence-corrected chi connectivity index (χ2v) is 6.88. The second-order valence-electron chi connectivity index (χ2n) is 5.47.